The van der Waals surface area contributed by atoms with Crippen LogP contribution in [0.3, 0.4) is 0 Å². The number of rotatable bonds is 6. The maximum absolute atomic E-state index is 12.5. The van der Waals surface area contributed by atoms with Crippen molar-refractivity contribution in [1.82, 2.24) is 4.57 Å². The summed E-state index contributed by atoms with van der Waals surface area (Å²) >= 11 is 0. The first kappa shape index (κ1) is 17.5. The third-order valence-corrected chi connectivity index (χ3v) is 4.06. The van der Waals surface area contributed by atoms with E-state index in [0.717, 1.165) is 16.8 Å². The van der Waals surface area contributed by atoms with E-state index >= 15 is 0 Å². The fourth-order valence-electron chi connectivity index (χ4n) is 2.59. The van der Waals surface area contributed by atoms with Gasteiger partial charge in [-0.3, -0.25) is 4.79 Å². The van der Waals surface area contributed by atoms with E-state index in [4.69, 9.17) is 0 Å². The van der Waals surface area contributed by atoms with Crippen molar-refractivity contribution in [2.75, 3.05) is 7.11 Å². The Hall–Kier alpha value is -2.88. The zero-order chi connectivity index (χ0) is 17.7. The molecular formula is C20H21NO3. The van der Waals surface area contributed by atoms with Crippen LogP contribution in [0, 0.1) is 6.92 Å². The lowest BCUT2D eigenvalue weighted by Crippen LogP contribution is -2.26. The van der Waals surface area contributed by atoms with Crippen LogP contribution in [-0.2, 0) is 17.7 Å². The van der Waals surface area contributed by atoms with Crippen molar-refractivity contribution in [2.24, 2.45) is 0 Å². The summed E-state index contributed by atoms with van der Waals surface area (Å²) in [5, 5.41) is 0. The van der Waals surface area contributed by atoms with Gasteiger partial charge >= 0.3 is 5.97 Å². The molecule has 0 saturated carbocycles. The Morgan fingerprint density at radius 2 is 1.79 bits per heavy atom. The van der Waals surface area contributed by atoms with Gasteiger partial charge in [-0.1, -0.05) is 37.4 Å². The minimum Gasteiger partial charge on any atom is -0.465 e. The molecule has 2 aromatic rings. The Bertz CT molecular complexity index is 829. The summed E-state index contributed by atoms with van der Waals surface area (Å²) in [6.07, 6.45) is 3.99. The molecule has 0 N–H and O–H groups in total. The molecule has 0 atom stereocenters. The van der Waals surface area contributed by atoms with Crippen LogP contribution < -0.4 is 5.56 Å². The van der Waals surface area contributed by atoms with Gasteiger partial charge < -0.3 is 9.30 Å². The van der Waals surface area contributed by atoms with E-state index in [-0.39, 0.29) is 11.5 Å². The molecule has 0 bridgehead atoms. The number of aryl methyl sites for hydroxylation is 1. The largest absolute Gasteiger partial charge is 0.465 e. The number of carbonyl (C=O) groups is 1. The number of aromatic nitrogens is 1. The molecule has 4 heteroatoms. The van der Waals surface area contributed by atoms with Crippen LogP contribution in [0.2, 0.25) is 0 Å². The van der Waals surface area contributed by atoms with Gasteiger partial charge in [-0.05, 0) is 42.7 Å². The number of nitrogens with zero attached hydrogens (tertiary/aromatic N) is 1. The van der Waals surface area contributed by atoms with Crippen molar-refractivity contribution >= 4 is 18.1 Å². The molecule has 1 heterocycles. The molecular weight excluding hydrogens is 302 g/mol. The highest BCUT2D eigenvalue weighted by atomic mass is 16.5. The average molecular weight is 323 g/mol. The van der Waals surface area contributed by atoms with Crippen LogP contribution in [0.25, 0.3) is 12.2 Å². The van der Waals surface area contributed by atoms with Crippen LogP contribution in [0.5, 0.6) is 0 Å². The number of carbonyl (C=O) groups excluding carboxylic acids is 1. The van der Waals surface area contributed by atoms with E-state index in [9.17, 15) is 9.59 Å². The molecule has 2 rings (SSSR count). The number of hydrogen-bond acceptors (Lipinski definition) is 3. The first-order valence-corrected chi connectivity index (χ1v) is 7.68. The number of ether oxygens (including phenoxy) is 1. The second-order valence-electron chi connectivity index (χ2n) is 5.44. The lowest BCUT2D eigenvalue weighted by Gasteiger charge is -2.14. The molecule has 24 heavy (non-hydrogen) atoms. The molecule has 0 aliphatic heterocycles. The van der Waals surface area contributed by atoms with E-state index in [2.05, 4.69) is 17.9 Å². The van der Waals surface area contributed by atoms with Crippen LogP contribution in [0.4, 0.5) is 0 Å². The smallest absolute Gasteiger partial charge is 0.337 e. The summed E-state index contributed by atoms with van der Waals surface area (Å²) in [7, 11) is 1.36. The molecule has 124 valence electrons. The van der Waals surface area contributed by atoms with E-state index in [1.165, 1.54) is 7.11 Å². The number of esters is 1. The summed E-state index contributed by atoms with van der Waals surface area (Å²) in [5.74, 6) is -0.358. The topological polar surface area (TPSA) is 48.3 Å². The molecule has 1 aromatic carbocycles. The highest BCUT2D eigenvalue weighted by Crippen LogP contribution is 2.12. The van der Waals surface area contributed by atoms with Crippen molar-refractivity contribution in [2.45, 2.75) is 19.9 Å². The third kappa shape index (κ3) is 3.54. The monoisotopic (exact) mass is 323 g/mol. The third-order valence-electron chi connectivity index (χ3n) is 4.06. The minimum atomic E-state index is -0.358. The molecule has 0 fully saturated rings. The maximum atomic E-state index is 12.5. The molecule has 0 unspecified atom stereocenters. The fraction of sp³-hybridized carbons (Fsp3) is 0.200. The predicted octanol–water partition coefficient (Wildman–Crippen LogP) is 3.47. The summed E-state index contributed by atoms with van der Waals surface area (Å²) in [5.41, 5.74) is 3.86. The zero-order valence-corrected chi connectivity index (χ0v) is 14.0. The van der Waals surface area contributed by atoms with E-state index < -0.39 is 0 Å². The summed E-state index contributed by atoms with van der Waals surface area (Å²) in [6, 6.07) is 9.01. The molecule has 0 spiro atoms. The molecule has 1 aromatic heterocycles. The van der Waals surface area contributed by atoms with Crippen molar-refractivity contribution in [1.29, 1.82) is 0 Å². The van der Waals surface area contributed by atoms with Gasteiger partial charge in [0.2, 0.25) is 0 Å². The lowest BCUT2D eigenvalue weighted by atomic mass is 10.1. The Morgan fingerprint density at radius 3 is 2.33 bits per heavy atom. The molecule has 0 radical (unpaired) electrons. The molecule has 4 nitrogen and oxygen atoms in total. The van der Waals surface area contributed by atoms with Gasteiger partial charge in [0, 0.05) is 17.8 Å². The van der Waals surface area contributed by atoms with Gasteiger partial charge in [0.15, 0.2) is 0 Å². The summed E-state index contributed by atoms with van der Waals surface area (Å²) in [6.45, 7) is 9.95. The first-order valence-electron chi connectivity index (χ1n) is 7.68. The Morgan fingerprint density at radius 1 is 1.17 bits per heavy atom. The van der Waals surface area contributed by atoms with Gasteiger partial charge in [0.25, 0.3) is 5.56 Å². The lowest BCUT2D eigenvalue weighted by molar-refractivity contribution is 0.0600. The second-order valence-corrected chi connectivity index (χ2v) is 5.44. The standard InChI is InChI=1S/C20H21NO3/c1-5-16-13-17(6-2)19(22)21(14(16)3)12-11-15-7-9-18(10-8-15)20(23)24-4/h5-10,13H,1-2,11-12H2,3-4H3. The number of methoxy groups -OCH3 is 1. The van der Waals surface area contributed by atoms with Crippen molar-refractivity contribution < 1.29 is 9.53 Å². The van der Waals surface area contributed by atoms with Gasteiger partial charge in [0.1, 0.15) is 0 Å². The number of pyridine rings is 1. The maximum Gasteiger partial charge on any atom is 0.337 e. The normalized spacial score (nSPS) is 10.2. The average Bonchev–Trinajstić information content (AvgIpc) is 2.61. The van der Waals surface area contributed by atoms with E-state index in [1.807, 2.05) is 19.1 Å². The SMILES string of the molecule is C=Cc1cc(C=C)c(=O)n(CCc2ccc(C(=O)OC)cc2)c1C. The zero-order valence-electron chi connectivity index (χ0n) is 14.0. The quantitative estimate of drug-likeness (QED) is 0.765. The van der Waals surface area contributed by atoms with Gasteiger partial charge in [-0.25, -0.2) is 4.79 Å². The predicted molar refractivity (Wildman–Crippen MR) is 97.1 cm³/mol. The highest BCUT2D eigenvalue weighted by molar-refractivity contribution is 5.89. The van der Waals surface area contributed by atoms with Gasteiger partial charge in [-0.2, -0.15) is 0 Å². The van der Waals surface area contributed by atoms with Crippen LogP contribution in [-0.4, -0.2) is 17.6 Å². The highest BCUT2D eigenvalue weighted by Gasteiger charge is 2.09. The Kier molecular flexibility index (Phi) is 5.53. The molecule has 0 aliphatic rings. The molecule has 0 saturated heterocycles. The summed E-state index contributed by atoms with van der Waals surface area (Å²) in [4.78, 5) is 23.9. The molecule has 0 aliphatic carbocycles. The van der Waals surface area contributed by atoms with E-state index in [0.29, 0.717) is 24.1 Å². The van der Waals surface area contributed by atoms with Crippen molar-refractivity contribution in [3.63, 3.8) is 0 Å². The Balaban J connectivity index is 2.26. The van der Waals surface area contributed by atoms with Crippen LogP contribution in [0.15, 0.2) is 48.3 Å². The fourth-order valence-corrected chi connectivity index (χ4v) is 2.59. The van der Waals surface area contributed by atoms with Crippen LogP contribution in [0.1, 0.15) is 32.7 Å². The Labute approximate surface area is 141 Å². The van der Waals surface area contributed by atoms with Crippen molar-refractivity contribution in [3.8, 4) is 0 Å². The minimum absolute atomic E-state index is 0.0562. The molecule has 0 amide bonds. The number of benzene rings is 1. The first-order chi connectivity index (χ1) is 11.5. The van der Waals surface area contributed by atoms with Crippen molar-refractivity contribution in [3.05, 3.63) is 81.8 Å². The van der Waals surface area contributed by atoms with Crippen LogP contribution >= 0.6 is 0 Å². The van der Waals surface area contributed by atoms with Gasteiger partial charge in [0.05, 0.1) is 12.7 Å². The second kappa shape index (κ2) is 7.59. The van der Waals surface area contributed by atoms with Gasteiger partial charge in [-0.15, -0.1) is 0 Å². The summed E-state index contributed by atoms with van der Waals surface area (Å²) < 4.78 is 6.42. The number of hydrogen-bond donors (Lipinski definition) is 0. The van der Waals surface area contributed by atoms with E-state index in [1.54, 1.807) is 34.9 Å².